The number of carbonyl (C=O) groups is 4. The fourth-order valence-corrected chi connectivity index (χ4v) is 6.32. The number of fused-ring (bicyclic) bond motifs is 1. The average Bonchev–Trinajstić information content (AvgIpc) is 3.58. The molecule has 54 heavy (non-hydrogen) atoms. The second-order valence-electron chi connectivity index (χ2n) is 14.4. The highest BCUT2D eigenvalue weighted by atomic mass is 16.5. The van der Waals surface area contributed by atoms with E-state index < -0.39 is 48.2 Å². The first-order chi connectivity index (χ1) is 25.8. The zero-order valence-corrected chi connectivity index (χ0v) is 31.8. The van der Waals surface area contributed by atoms with Crippen molar-refractivity contribution in [1.82, 2.24) is 25.8 Å². The van der Waals surface area contributed by atoms with E-state index in [1.165, 1.54) is 4.90 Å². The fourth-order valence-electron chi connectivity index (χ4n) is 6.32. The maximum absolute atomic E-state index is 14.3. The normalized spacial score (nSPS) is 16.2. The van der Waals surface area contributed by atoms with Crippen LogP contribution >= 0.6 is 0 Å². The first kappa shape index (κ1) is 41.7. The Hall–Kier alpha value is -5.05. The van der Waals surface area contributed by atoms with E-state index in [9.17, 15) is 29.4 Å². The molecule has 1 aliphatic rings. The van der Waals surface area contributed by atoms with Gasteiger partial charge in [0.25, 0.3) is 0 Å². The van der Waals surface area contributed by atoms with Gasteiger partial charge in [-0.15, -0.1) is 0 Å². The molecule has 4 amide bonds. The van der Waals surface area contributed by atoms with Crippen LogP contribution in [0.2, 0.25) is 0 Å². The molecule has 0 saturated carbocycles. The number of hydrogen-bond donors (Lipinski definition) is 6. The summed E-state index contributed by atoms with van der Waals surface area (Å²) in [5.41, 5.74) is 8.74. The molecular formula is C40H55N7O7. The van der Waals surface area contributed by atoms with E-state index in [4.69, 9.17) is 10.5 Å². The number of aromatic nitrogens is 1. The van der Waals surface area contributed by atoms with Crippen LogP contribution in [0.3, 0.4) is 0 Å². The molecule has 0 saturated heterocycles. The largest absolute Gasteiger partial charge is 0.445 e. The second kappa shape index (κ2) is 19.9. The highest BCUT2D eigenvalue weighted by Gasteiger charge is 2.35. The molecule has 0 aliphatic carbocycles. The molecule has 1 aliphatic heterocycles. The molecule has 0 unspecified atom stereocenters. The van der Waals surface area contributed by atoms with Crippen LogP contribution in [0.15, 0.2) is 78.8 Å². The molecule has 14 heteroatoms. The molecule has 6 atom stereocenters. The Labute approximate surface area is 317 Å². The summed E-state index contributed by atoms with van der Waals surface area (Å²) in [7, 11) is 0. The number of rotatable bonds is 18. The zero-order chi connectivity index (χ0) is 39.4. The lowest BCUT2D eigenvalue weighted by Gasteiger charge is -2.30. The number of benzene rings is 2. The monoisotopic (exact) mass is 745 g/mol. The van der Waals surface area contributed by atoms with Crippen LogP contribution in [-0.4, -0.2) is 87.5 Å². The molecule has 0 radical (unpaired) electrons. The zero-order valence-electron chi connectivity index (χ0n) is 31.8. The van der Waals surface area contributed by atoms with E-state index in [0.717, 1.165) is 28.6 Å². The van der Waals surface area contributed by atoms with Gasteiger partial charge in [-0.2, -0.15) is 0 Å². The van der Waals surface area contributed by atoms with Crippen LogP contribution in [0.25, 0.3) is 10.9 Å². The van der Waals surface area contributed by atoms with Gasteiger partial charge in [-0.25, -0.2) is 4.79 Å². The lowest BCUT2D eigenvalue weighted by Crippen LogP contribution is -2.54. The van der Waals surface area contributed by atoms with E-state index in [0.29, 0.717) is 12.1 Å². The number of nitrogens with zero attached hydrogens (tertiary/aromatic N) is 3. The van der Waals surface area contributed by atoms with Crippen molar-refractivity contribution in [2.75, 3.05) is 18.2 Å². The van der Waals surface area contributed by atoms with Gasteiger partial charge in [0.1, 0.15) is 19.3 Å². The number of ether oxygens (including phenoxy) is 1. The first-order valence-corrected chi connectivity index (χ1v) is 18.5. The van der Waals surface area contributed by atoms with E-state index in [1.54, 1.807) is 19.3 Å². The van der Waals surface area contributed by atoms with Gasteiger partial charge < -0.3 is 41.5 Å². The number of alkyl carbamates (subject to hydrolysis) is 1. The highest BCUT2D eigenvalue weighted by molar-refractivity contribution is 5.94. The van der Waals surface area contributed by atoms with Crippen molar-refractivity contribution in [3.63, 3.8) is 0 Å². The summed E-state index contributed by atoms with van der Waals surface area (Å²) >= 11 is 0. The lowest BCUT2D eigenvalue weighted by atomic mass is 9.95. The van der Waals surface area contributed by atoms with Crippen LogP contribution in [-0.2, 0) is 25.7 Å². The molecule has 4 rings (SSSR count). The smallest absolute Gasteiger partial charge is 0.408 e. The Morgan fingerprint density at radius 3 is 2.31 bits per heavy atom. The van der Waals surface area contributed by atoms with Crippen molar-refractivity contribution >= 4 is 40.4 Å². The molecule has 14 nitrogen and oxygen atoms in total. The number of hydrogen-bond acceptors (Lipinski definition) is 10. The molecule has 292 valence electrons. The Morgan fingerprint density at radius 2 is 1.65 bits per heavy atom. The number of amides is 4. The molecule has 7 N–H and O–H groups in total. The molecule has 0 spiro atoms. The number of aliphatic hydroxyl groups is 2. The lowest BCUT2D eigenvalue weighted by molar-refractivity contribution is -0.129. The predicted octanol–water partition coefficient (Wildman–Crippen LogP) is 3.52. The summed E-state index contributed by atoms with van der Waals surface area (Å²) in [6.45, 7) is 9.15. The van der Waals surface area contributed by atoms with Crippen molar-refractivity contribution in [1.29, 1.82) is 0 Å². The van der Waals surface area contributed by atoms with Crippen molar-refractivity contribution in [3.8, 4) is 0 Å². The minimum atomic E-state index is -1.28. The van der Waals surface area contributed by atoms with Gasteiger partial charge in [-0.3, -0.25) is 24.3 Å². The SMILES string of the molecule is CC[C@H](C)[C@@H](CO)NC(=O)C[C@H](O)[C@H](CC(C)C)NC(=O)[C@H](CC1=CN(C(=O)[C@H](C)N)CN1c1ccnc2ccccc12)NC(=O)OCc1ccccc1. The van der Waals surface area contributed by atoms with Crippen LogP contribution in [0, 0.1) is 11.8 Å². The van der Waals surface area contributed by atoms with E-state index in [2.05, 4.69) is 20.9 Å². The summed E-state index contributed by atoms with van der Waals surface area (Å²) in [4.78, 5) is 61.5. The van der Waals surface area contributed by atoms with Gasteiger partial charge in [-0.1, -0.05) is 82.6 Å². The summed E-state index contributed by atoms with van der Waals surface area (Å²) in [6.07, 6.45) is 1.84. The quantitative estimate of drug-likeness (QED) is 0.112. The van der Waals surface area contributed by atoms with Crippen LogP contribution in [0.1, 0.15) is 65.9 Å². The Morgan fingerprint density at radius 1 is 0.944 bits per heavy atom. The Bertz CT molecular complexity index is 1750. The molecule has 1 aromatic heterocycles. The average molecular weight is 746 g/mol. The molecule has 2 aromatic carbocycles. The summed E-state index contributed by atoms with van der Waals surface area (Å²) in [5, 5.41) is 30.4. The van der Waals surface area contributed by atoms with Crippen molar-refractivity contribution in [3.05, 3.63) is 84.3 Å². The van der Waals surface area contributed by atoms with Crippen molar-refractivity contribution in [2.24, 2.45) is 17.6 Å². The van der Waals surface area contributed by atoms with E-state index in [1.807, 2.05) is 93.3 Å². The molecule has 0 fully saturated rings. The number of aliphatic hydroxyl groups excluding tert-OH is 2. The summed E-state index contributed by atoms with van der Waals surface area (Å²) in [5.74, 6) is -1.38. The van der Waals surface area contributed by atoms with E-state index in [-0.39, 0.29) is 50.5 Å². The van der Waals surface area contributed by atoms with Gasteiger partial charge >= 0.3 is 6.09 Å². The Balaban J connectivity index is 1.63. The molecule has 0 bridgehead atoms. The number of para-hydroxylation sites is 1. The van der Waals surface area contributed by atoms with E-state index >= 15 is 0 Å². The van der Waals surface area contributed by atoms with Gasteiger partial charge in [-0.05, 0) is 42.9 Å². The second-order valence-corrected chi connectivity index (χ2v) is 14.4. The number of nitrogens with one attached hydrogen (secondary N) is 3. The standard InChI is InChI=1S/C40H55N7O7/c1-6-26(4)34(22-48)43-37(50)20-36(49)32(18-25(2)3)44-38(51)33(45-40(53)54-23-28-12-8-7-9-13-28)19-29-21-46(39(52)27(5)41)24-47(29)35-16-17-42-31-15-11-10-14-30(31)35/h7-17,21,25-27,32-34,36,48-49H,6,18-20,22-24,41H2,1-5H3,(H,43,50)(H,44,51)(H,45,53)/t26-,27-,32-,33-,34+,36-/m0/s1. The van der Waals surface area contributed by atoms with Crippen molar-refractivity contribution < 1.29 is 34.1 Å². The third-order valence-electron chi connectivity index (χ3n) is 9.56. The summed E-state index contributed by atoms with van der Waals surface area (Å²) in [6, 6.07) is 15.1. The minimum Gasteiger partial charge on any atom is -0.445 e. The fraction of sp³-hybridized carbons (Fsp3) is 0.475. The third-order valence-corrected chi connectivity index (χ3v) is 9.56. The summed E-state index contributed by atoms with van der Waals surface area (Å²) < 4.78 is 5.50. The van der Waals surface area contributed by atoms with Crippen molar-refractivity contribution in [2.45, 2.75) is 97.2 Å². The number of carbonyl (C=O) groups excluding carboxylic acids is 4. The third kappa shape index (κ3) is 11.5. The minimum absolute atomic E-state index is 0.0182. The van der Waals surface area contributed by atoms with Crippen LogP contribution in [0.4, 0.5) is 10.5 Å². The Kier molecular flexibility index (Phi) is 15.3. The molecule has 2 heterocycles. The number of nitrogens with two attached hydrogens (primary N) is 1. The number of anilines is 1. The first-order valence-electron chi connectivity index (χ1n) is 18.5. The van der Waals surface area contributed by atoms with Gasteiger partial charge in [0, 0.05) is 29.9 Å². The maximum atomic E-state index is 14.3. The molecular weight excluding hydrogens is 690 g/mol. The maximum Gasteiger partial charge on any atom is 0.408 e. The van der Waals surface area contributed by atoms with Gasteiger partial charge in [0.2, 0.25) is 17.7 Å². The number of pyridine rings is 1. The highest BCUT2D eigenvalue weighted by Crippen LogP contribution is 2.33. The van der Waals surface area contributed by atoms with Crippen LogP contribution in [0.5, 0.6) is 0 Å². The predicted molar refractivity (Wildman–Crippen MR) is 206 cm³/mol. The van der Waals surface area contributed by atoms with Crippen LogP contribution < -0.4 is 26.6 Å². The molecule has 3 aromatic rings. The van der Waals surface area contributed by atoms with Gasteiger partial charge in [0.15, 0.2) is 0 Å². The van der Waals surface area contributed by atoms with Gasteiger partial charge in [0.05, 0.1) is 48.5 Å². The topological polar surface area (TPSA) is 199 Å².